The Bertz CT molecular complexity index is 897. The first-order valence-electron chi connectivity index (χ1n) is 10.1. The number of rotatable bonds is 8. The number of nitrogens with zero attached hydrogens (tertiary/aromatic N) is 1. The van der Waals surface area contributed by atoms with Crippen molar-refractivity contribution >= 4 is 23.2 Å². The van der Waals surface area contributed by atoms with Crippen molar-refractivity contribution < 1.29 is 23.8 Å². The molecule has 0 spiro atoms. The van der Waals surface area contributed by atoms with Crippen molar-refractivity contribution in [2.45, 2.75) is 25.0 Å². The van der Waals surface area contributed by atoms with E-state index in [1.165, 1.54) is 24.3 Å². The number of piperidine rings is 1. The second-order valence-electron chi connectivity index (χ2n) is 7.49. The Morgan fingerprint density at radius 1 is 1.35 bits per heavy atom. The monoisotopic (exact) mass is 451 g/mol. The van der Waals surface area contributed by atoms with Gasteiger partial charge in [0.1, 0.15) is 17.3 Å². The van der Waals surface area contributed by atoms with Gasteiger partial charge in [0, 0.05) is 32.8 Å². The third-order valence-corrected chi connectivity index (χ3v) is 5.65. The number of aromatic hydroxyl groups is 1. The molecular formula is C22H27ClFN3O4. The molecule has 1 heterocycles. The Morgan fingerprint density at radius 3 is 2.81 bits per heavy atom. The van der Waals surface area contributed by atoms with Gasteiger partial charge in [0.05, 0.1) is 35.0 Å². The topological polar surface area (TPSA) is 97.1 Å². The molecule has 2 atom stereocenters. The molecule has 2 aromatic rings. The fourth-order valence-corrected chi connectivity index (χ4v) is 3.77. The zero-order chi connectivity index (χ0) is 22.4. The summed E-state index contributed by atoms with van der Waals surface area (Å²) in [6.07, 6.45) is 1.32. The number of carbonyl (C=O) groups excluding carboxylic acids is 1. The van der Waals surface area contributed by atoms with Crippen LogP contribution < -0.4 is 15.8 Å². The summed E-state index contributed by atoms with van der Waals surface area (Å²) in [4.78, 5) is 14.9. The first-order chi connectivity index (χ1) is 14.9. The quantitative estimate of drug-likeness (QED) is 0.421. The van der Waals surface area contributed by atoms with Gasteiger partial charge in [0.2, 0.25) is 0 Å². The standard InChI is InChI=1S/C22H27ClFN3O4/c1-30-21-13-27(8-2-10-31-15-5-3-14(24)4-6-15)9-7-19(21)26-22(29)16-11-17(23)18(25)12-20(16)28/h3-6,11-12,19,21,28H,2,7-10,13,25H2,1H3,(H,26,29)/t19-,21+/m0/s1. The normalized spacial score (nSPS) is 19.2. The van der Waals surface area contributed by atoms with Gasteiger partial charge in [0.25, 0.3) is 5.91 Å². The lowest BCUT2D eigenvalue weighted by Crippen LogP contribution is -2.55. The number of methoxy groups -OCH3 is 1. The molecule has 0 saturated carbocycles. The number of nitrogens with one attached hydrogen (secondary N) is 1. The van der Waals surface area contributed by atoms with Crippen molar-refractivity contribution in [1.29, 1.82) is 0 Å². The molecular weight excluding hydrogens is 425 g/mol. The number of amides is 1. The Labute approximate surface area is 185 Å². The minimum absolute atomic E-state index is 0.0782. The molecule has 0 unspecified atom stereocenters. The summed E-state index contributed by atoms with van der Waals surface area (Å²) >= 11 is 5.98. The van der Waals surface area contributed by atoms with Crippen molar-refractivity contribution in [2.75, 3.05) is 39.1 Å². The Kier molecular flexibility index (Phi) is 7.95. The number of nitrogens with two attached hydrogens (primary N) is 1. The molecule has 4 N–H and O–H groups in total. The Hall–Kier alpha value is -2.55. The molecule has 168 valence electrons. The van der Waals surface area contributed by atoms with Gasteiger partial charge in [-0.05, 0) is 43.2 Å². The number of phenolic OH excluding ortho intramolecular Hbond substituents is 1. The van der Waals surface area contributed by atoms with Crippen molar-refractivity contribution in [3.63, 3.8) is 0 Å². The fourth-order valence-electron chi connectivity index (χ4n) is 3.60. The van der Waals surface area contributed by atoms with Gasteiger partial charge in [-0.2, -0.15) is 0 Å². The lowest BCUT2D eigenvalue weighted by molar-refractivity contribution is 0.00527. The maximum absolute atomic E-state index is 12.9. The number of hydrogen-bond acceptors (Lipinski definition) is 6. The van der Waals surface area contributed by atoms with Crippen LogP contribution in [0.5, 0.6) is 11.5 Å². The largest absolute Gasteiger partial charge is 0.507 e. The zero-order valence-corrected chi connectivity index (χ0v) is 18.1. The van der Waals surface area contributed by atoms with E-state index in [9.17, 15) is 14.3 Å². The van der Waals surface area contributed by atoms with Crippen LogP contribution in [0.4, 0.5) is 10.1 Å². The molecule has 7 nitrogen and oxygen atoms in total. The Morgan fingerprint density at radius 2 is 2.10 bits per heavy atom. The highest BCUT2D eigenvalue weighted by molar-refractivity contribution is 6.33. The molecule has 0 radical (unpaired) electrons. The summed E-state index contributed by atoms with van der Waals surface area (Å²) in [5.41, 5.74) is 5.94. The summed E-state index contributed by atoms with van der Waals surface area (Å²) in [6, 6.07) is 8.39. The van der Waals surface area contributed by atoms with Gasteiger partial charge in [-0.3, -0.25) is 4.79 Å². The molecule has 1 saturated heterocycles. The SMILES string of the molecule is CO[C@@H]1CN(CCCOc2ccc(F)cc2)CC[C@@H]1NC(=O)c1cc(Cl)c(N)cc1O. The highest BCUT2D eigenvalue weighted by atomic mass is 35.5. The number of halogens is 2. The maximum Gasteiger partial charge on any atom is 0.255 e. The molecule has 3 rings (SSSR count). The molecule has 0 bridgehead atoms. The molecule has 31 heavy (non-hydrogen) atoms. The number of hydrogen-bond donors (Lipinski definition) is 3. The van der Waals surface area contributed by atoms with Gasteiger partial charge >= 0.3 is 0 Å². The average molecular weight is 452 g/mol. The van der Waals surface area contributed by atoms with E-state index in [1.54, 1.807) is 19.2 Å². The number of anilines is 1. The van der Waals surface area contributed by atoms with Gasteiger partial charge < -0.3 is 30.5 Å². The minimum atomic E-state index is -0.424. The molecule has 0 aliphatic carbocycles. The van der Waals surface area contributed by atoms with Crippen LogP contribution in [0.25, 0.3) is 0 Å². The molecule has 9 heteroatoms. The van der Waals surface area contributed by atoms with Crippen LogP contribution in [0, 0.1) is 5.82 Å². The first-order valence-corrected chi connectivity index (χ1v) is 10.5. The van der Waals surface area contributed by atoms with Crippen LogP contribution in [0.15, 0.2) is 36.4 Å². The van der Waals surface area contributed by atoms with Crippen LogP contribution in [0.1, 0.15) is 23.2 Å². The molecule has 1 fully saturated rings. The van der Waals surface area contributed by atoms with Crippen LogP contribution >= 0.6 is 11.6 Å². The third-order valence-electron chi connectivity index (χ3n) is 5.32. The van der Waals surface area contributed by atoms with Crippen molar-refractivity contribution in [1.82, 2.24) is 10.2 Å². The number of carbonyl (C=O) groups is 1. The van der Waals surface area contributed by atoms with Crippen molar-refractivity contribution in [3.05, 3.63) is 52.8 Å². The summed E-state index contributed by atoms with van der Waals surface area (Å²) in [7, 11) is 1.61. The van der Waals surface area contributed by atoms with Crippen LogP contribution in [0.3, 0.4) is 0 Å². The van der Waals surface area contributed by atoms with E-state index >= 15 is 0 Å². The van der Waals surface area contributed by atoms with E-state index in [0.29, 0.717) is 25.3 Å². The third kappa shape index (κ3) is 6.22. The highest BCUT2D eigenvalue weighted by Gasteiger charge is 2.31. The molecule has 0 aromatic heterocycles. The lowest BCUT2D eigenvalue weighted by atomic mass is 10.0. The second-order valence-corrected chi connectivity index (χ2v) is 7.90. The minimum Gasteiger partial charge on any atom is -0.507 e. The number of phenols is 1. The van der Waals surface area contributed by atoms with E-state index in [2.05, 4.69) is 10.2 Å². The lowest BCUT2D eigenvalue weighted by Gasteiger charge is -2.38. The fraction of sp³-hybridized carbons (Fsp3) is 0.409. The summed E-state index contributed by atoms with van der Waals surface area (Å²) in [5.74, 6) is -0.286. The van der Waals surface area contributed by atoms with E-state index in [0.717, 1.165) is 19.5 Å². The smallest absolute Gasteiger partial charge is 0.255 e. The van der Waals surface area contributed by atoms with Gasteiger partial charge in [-0.25, -0.2) is 4.39 Å². The predicted molar refractivity (Wildman–Crippen MR) is 117 cm³/mol. The van der Waals surface area contributed by atoms with E-state index in [1.807, 2.05) is 0 Å². The zero-order valence-electron chi connectivity index (χ0n) is 17.3. The summed E-state index contributed by atoms with van der Waals surface area (Å²) < 4.78 is 24.2. The van der Waals surface area contributed by atoms with E-state index in [4.69, 9.17) is 26.8 Å². The van der Waals surface area contributed by atoms with Crippen molar-refractivity contribution in [2.24, 2.45) is 0 Å². The Balaban J connectivity index is 1.47. The molecule has 1 aliphatic heterocycles. The average Bonchev–Trinajstić information content (AvgIpc) is 2.75. The van der Waals surface area contributed by atoms with Gasteiger partial charge in [-0.15, -0.1) is 0 Å². The number of nitrogen functional groups attached to an aromatic ring is 1. The number of likely N-dealkylation sites (tertiary alicyclic amines) is 1. The van der Waals surface area contributed by atoms with E-state index in [-0.39, 0.29) is 40.0 Å². The van der Waals surface area contributed by atoms with Gasteiger partial charge in [-0.1, -0.05) is 11.6 Å². The van der Waals surface area contributed by atoms with Crippen LogP contribution in [0.2, 0.25) is 5.02 Å². The highest BCUT2D eigenvalue weighted by Crippen LogP contribution is 2.28. The molecule has 2 aromatic carbocycles. The van der Waals surface area contributed by atoms with E-state index < -0.39 is 5.91 Å². The van der Waals surface area contributed by atoms with Crippen molar-refractivity contribution in [3.8, 4) is 11.5 Å². The molecule has 1 aliphatic rings. The second kappa shape index (κ2) is 10.7. The van der Waals surface area contributed by atoms with Gasteiger partial charge in [0.15, 0.2) is 0 Å². The van der Waals surface area contributed by atoms with Crippen LogP contribution in [-0.4, -0.2) is 61.4 Å². The predicted octanol–water partition coefficient (Wildman–Crippen LogP) is 3.06. The maximum atomic E-state index is 12.9. The first kappa shape index (κ1) is 23.1. The summed E-state index contributed by atoms with van der Waals surface area (Å²) in [6.45, 7) is 2.79. The summed E-state index contributed by atoms with van der Waals surface area (Å²) in [5, 5.41) is 13.2. The molecule has 1 amide bonds. The van der Waals surface area contributed by atoms with Crippen LogP contribution in [-0.2, 0) is 4.74 Å². The number of ether oxygens (including phenoxy) is 2. The number of benzene rings is 2.